The molecule has 6 nitrogen and oxygen atoms in total. The molecule has 1 atom stereocenters. The molecule has 2 aromatic rings. The predicted molar refractivity (Wildman–Crippen MR) is 108 cm³/mol. The molecule has 1 heterocycles. The summed E-state index contributed by atoms with van der Waals surface area (Å²) in [5, 5.41) is 5.52. The van der Waals surface area contributed by atoms with Gasteiger partial charge in [-0.2, -0.15) is 0 Å². The van der Waals surface area contributed by atoms with Gasteiger partial charge in [-0.25, -0.2) is 0 Å². The summed E-state index contributed by atoms with van der Waals surface area (Å²) in [6, 6.07) is 14.8. The van der Waals surface area contributed by atoms with Gasteiger partial charge in [-0.1, -0.05) is 49.4 Å². The lowest BCUT2D eigenvalue weighted by Crippen LogP contribution is -2.52. The molecule has 0 aliphatic carbocycles. The van der Waals surface area contributed by atoms with Crippen LogP contribution in [0, 0.1) is 0 Å². The van der Waals surface area contributed by atoms with Crippen molar-refractivity contribution in [2.45, 2.75) is 39.3 Å². The highest BCUT2D eigenvalue weighted by atomic mass is 16.2. The first-order valence-electron chi connectivity index (χ1n) is 9.49. The lowest BCUT2D eigenvalue weighted by atomic mass is 9.93. The number of carbonyl (C=O) groups excluding carboxylic acids is 3. The van der Waals surface area contributed by atoms with E-state index in [4.69, 9.17) is 0 Å². The van der Waals surface area contributed by atoms with Gasteiger partial charge in [0.15, 0.2) is 0 Å². The summed E-state index contributed by atoms with van der Waals surface area (Å²) in [4.78, 5) is 38.6. The van der Waals surface area contributed by atoms with E-state index in [9.17, 15) is 14.4 Å². The van der Waals surface area contributed by atoms with Crippen LogP contribution in [0.4, 0.5) is 5.69 Å². The molecule has 0 radical (unpaired) electrons. The first-order chi connectivity index (χ1) is 13.5. The van der Waals surface area contributed by atoms with Crippen molar-refractivity contribution in [1.29, 1.82) is 0 Å². The van der Waals surface area contributed by atoms with E-state index in [-0.39, 0.29) is 24.3 Å². The molecule has 0 bridgehead atoms. The number of carbonyl (C=O) groups is 3. The summed E-state index contributed by atoms with van der Waals surface area (Å²) >= 11 is 0. The van der Waals surface area contributed by atoms with E-state index in [0.717, 1.165) is 28.8 Å². The van der Waals surface area contributed by atoms with Gasteiger partial charge in [-0.05, 0) is 29.2 Å². The lowest BCUT2D eigenvalue weighted by Gasteiger charge is -2.35. The summed E-state index contributed by atoms with van der Waals surface area (Å²) in [5.74, 6) is -0.764. The van der Waals surface area contributed by atoms with E-state index >= 15 is 0 Å². The Morgan fingerprint density at radius 3 is 2.43 bits per heavy atom. The molecule has 6 heteroatoms. The van der Waals surface area contributed by atoms with E-state index in [1.165, 1.54) is 6.92 Å². The van der Waals surface area contributed by atoms with E-state index < -0.39 is 6.04 Å². The average Bonchev–Trinajstić information content (AvgIpc) is 2.71. The van der Waals surface area contributed by atoms with Crippen LogP contribution >= 0.6 is 0 Å². The maximum atomic E-state index is 12.7. The van der Waals surface area contributed by atoms with Gasteiger partial charge >= 0.3 is 0 Å². The molecule has 3 rings (SSSR count). The van der Waals surface area contributed by atoms with Crippen LogP contribution < -0.4 is 10.6 Å². The molecular weight excluding hydrogens is 354 g/mol. The fourth-order valence-corrected chi connectivity index (χ4v) is 3.52. The molecule has 1 aliphatic rings. The van der Waals surface area contributed by atoms with Crippen molar-refractivity contribution in [1.82, 2.24) is 10.2 Å². The quantitative estimate of drug-likeness (QED) is 0.837. The number of rotatable bonds is 5. The van der Waals surface area contributed by atoms with Crippen LogP contribution in [-0.4, -0.2) is 35.2 Å². The van der Waals surface area contributed by atoms with E-state index in [1.54, 1.807) is 4.90 Å². The van der Waals surface area contributed by atoms with Crippen LogP contribution in [-0.2, 0) is 33.8 Å². The lowest BCUT2D eigenvalue weighted by molar-refractivity contribution is -0.140. The van der Waals surface area contributed by atoms with Gasteiger partial charge in [-0.15, -0.1) is 0 Å². The normalized spacial score (nSPS) is 15.5. The SMILES string of the molecule is CCc1ccccc1NC(=O)CNC(=O)[C@@H]1Cc2ccccc2CN1C(C)=O. The molecule has 0 aromatic heterocycles. The summed E-state index contributed by atoms with van der Waals surface area (Å²) in [6.07, 6.45) is 1.25. The standard InChI is InChI=1S/C22H25N3O3/c1-3-16-8-6-7-11-19(16)24-21(27)13-23-22(28)20-12-17-9-4-5-10-18(17)14-25(20)15(2)26/h4-11,20H,3,12-14H2,1-2H3,(H,23,28)(H,24,27)/t20-/m0/s1. The smallest absolute Gasteiger partial charge is 0.243 e. The largest absolute Gasteiger partial charge is 0.345 e. The minimum absolute atomic E-state index is 0.138. The van der Waals surface area contributed by atoms with Crippen molar-refractivity contribution in [3.8, 4) is 0 Å². The maximum absolute atomic E-state index is 12.7. The third-order valence-corrected chi connectivity index (χ3v) is 5.05. The molecule has 0 fully saturated rings. The number of hydrogen-bond donors (Lipinski definition) is 2. The second kappa shape index (κ2) is 8.69. The number of hydrogen-bond acceptors (Lipinski definition) is 3. The number of nitrogens with one attached hydrogen (secondary N) is 2. The van der Waals surface area contributed by atoms with Gasteiger partial charge in [0.25, 0.3) is 0 Å². The summed E-state index contributed by atoms with van der Waals surface area (Å²) < 4.78 is 0. The van der Waals surface area contributed by atoms with Gasteiger partial charge in [0.2, 0.25) is 17.7 Å². The highest BCUT2D eigenvalue weighted by molar-refractivity contribution is 5.96. The average molecular weight is 379 g/mol. The van der Waals surface area contributed by atoms with Crippen molar-refractivity contribution in [2.24, 2.45) is 0 Å². The van der Waals surface area contributed by atoms with Crippen LogP contribution in [0.5, 0.6) is 0 Å². The van der Waals surface area contributed by atoms with E-state index in [1.807, 2.05) is 55.5 Å². The fraction of sp³-hybridized carbons (Fsp3) is 0.318. The number of anilines is 1. The molecule has 0 unspecified atom stereocenters. The van der Waals surface area contributed by atoms with Crippen molar-refractivity contribution >= 4 is 23.4 Å². The van der Waals surface area contributed by atoms with Gasteiger partial charge in [0, 0.05) is 25.6 Å². The second-order valence-electron chi connectivity index (χ2n) is 6.91. The van der Waals surface area contributed by atoms with Crippen LogP contribution in [0.2, 0.25) is 0 Å². The van der Waals surface area contributed by atoms with Gasteiger partial charge in [-0.3, -0.25) is 14.4 Å². The van der Waals surface area contributed by atoms with Gasteiger partial charge in [0.1, 0.15) is 6.04 Å². The monoisotopic (exact) mass is 379 g/mol. The third-order valence-electron chi connectivity index (χ3n) is 5.05. The first-order valence-corrected chi connectivity index (χ1v) is 9.49. The number of aryl methyl sites for hydroxylation is 1. The Hall–Kier alpha value is -3.15. The zero-order chi connectivity index (χ0) is 20.1. The summed E-state index contributed by atoms with van der Waals surface area (Å²) in [5.41, 5.74) is 3.90. The van der Waals surface area contributed by atoms with Crippen LogP contribution in [0.25, 0.3) is 0 Å². The van der Waals surface area contributed by atoms with Crippen molar-refractivity contribution < 1.29 is 14.4 Å². The molecular formula is C22H25N3O3. The van der Waals surface area contributed by atoms with Crippen LogP contribution in [0.15, 0.2) is 48.5 Å². The first kappa shape index (κ1) is 19.6. The second-order valence-corrected chi connectivity index (χ2v) is 6.91. The molecule has 146 valence electrons. The Labute approximate surface area is 164 Å². The maximum Gasteiger partial charge on any atom is 0.243 e. The van der Waals surface area contributed by atoms with Crippen LogP contribution in [0.1, 0.15) is 30.5 Å². The molecule has 0 saturated heterocycles. The number of nitrogens with zero attached hydrogens (tertiary/aromatic N) is 1. The van der Waals surface area contributed by atoms with E-state index in [0.29, 0.717) is 13.0 Å². The fourth-order valence-electron chi connectivity index (χ4n) is 3.52. The Bertz CT molecular complexity index is 894. The van der Waals surface area contributed by atoms with Crippen molar-refractivity contribution in [3.63, 3.8) is 0 Å². The number of amides is 3. The van der Waals surface area contributed by atoms with Crippen molar-refractivity contribution in [3.05, 3.63) is 65.2 Å². The zero-order valence-corrected chi connectivity index (χ0v) is 16.2. The van der Waals surface area contributed by atoms with Crippen molar-refractivity contribution in [2.75, 3.05) is 11.9 Å². The summed E-state index contributed by atoms with van der Waals surface area (Å²) in [7, 11) is 0. The van der Waals surface area contributed by atoms with Gasteiger partial charge < -0.3 is 15.5 Å². The molecule has 0 saturated carbocycles. The molecule has 28 heavy (non-hydrogen) atoms. The highest BCUT2D eigenvalue weighted by Gasteiger charge is 2.33. The minimum Gasteiger partial charge on any atom is -0.345 e. The van der Waals surface area contributed by atoms with Crippen LogP contribution in [0.3, 0.4) is 0 Å². The van der Waals surface area contributed by atoms with E-state index in [2.05, 4.69) is 10.6 Å². The molecule has 3 amide bonds. The Morgan fingerprint density at radius 1 is 1.04 bits per heavy atom. The molecule has 2 aromatic carbocycles. The topological polar surface area (TPSA) is 78.5 Å². The molecule has 1 aliphatic heterocycles. The third kappa shape index (κ3) is 4.39. The highest BCUT2D eigenvalue weighted by Crippen LogP contribution is 2.23. The number of benzene rings is 2. The van der Waals surface area contributed by atoms with Gasteiger partial charge in [0.05, 0.1) is 6.54 Å². The molecule has 0 spiro atoms. The number of fused-ring (bicyclic) bond motifs is 1. The molecule has 2 N–H and O–H groups in total. The Morgan fingerprint density at radius 2 is 1.71 bits per heavy atom. The minimum atomic E-state index is -0.608. The predicted octanol–water partition coefficient (Wildman–Crippen LogP) is 2.28. The Kier molecular flexibility index (Phi) is 6.09. The number of para-hydroxylation sites is 1. The summed E-state index contributed by atoms with van der Waals surface area (Å²) in [6.45, 7) is 3.74. The zero-order valence-electron chi connectivity index (χ0n) is 16.2. The Balaban J connectivity index is 1.63.